The van der Waals surface area contributed by atoms with Gasteiger partial charge in [0.1, 0.15) is 0 Å². The van der Waals surface area contributed by atoms with Crippen LogP contribution in [0.1, 0.15) is 47.5 Å². The summed E-state index contributed by atoms with van der Waals surface area (Å²) < 4.78 is 0. The van der Waals surface area contributed by atoms with E-state index in [4.69, 9.17) is 0 Å². The molecule has 0 atom stereocenters. The highest BCUT2D eigenvalue weighted by Gasteiger charge is 1.93. The maximum absolute atomic E-state index is 11.0. The van der Waals surface area contributed by atoms with E-state index in [2.05, 4.69) is 26.8 Å². The summed E-state index contributed by atoms with van der Waals surface area (Å²) in [6, 6.07) is 0. The number of hydrogen-bond acceptors (Lipinski definition) is 1. The van der Waals surface area contributed by atoms with Crippen LogP contribution < -0.4 is 0 Å². The third kappa shape index (κ3) is 7.92. The molecule has 0 rings (SSSR count). The topological polar surface area (TPSA) is 17.1 Å². The fourth-order valence-corrected chi connectivity index (χ4v) is 1.06. The Morgan fingerprint density at radius 1 is 1.00 bits per heavy atom. The molecule has 0 aliphatic carbocycles. The minimum absolute atomic E-state index is 0.142. The largest absolute Gasteiger partial charge is 0.295 e. The number of carbonyl (C=O) groups excluding carboxylic acids is 1. The summed E-state index contributed by atoms with van der Waals surface area (Å²) in [5, 5.41) is 0. The Kier molecular flexibility index (Phi) is 6.68. The van der Waals surface area contributed by atoms with E-state index in [-0.39, 0.29) is 5.78 Å². The van der Waals surface area contributed by atoms with Crippen molar-refractivity contribution in [1.29, 1.82) is 0 Å². The third-order valence-electron chi connectivity index (χ3n) is 2.26. The van der Waals surface area contributed by atoms with E-state index < -0.39 is 0 Å². The Morgan fingerprint density at radius 3 is 2.07 bits per heavy atom. The molecule has 0 aromatic heterocycles. The van der Waals surface area contributed by atoms with Crippen LogP contribution in [0.2, 0.25) is 0 Å². The molecule has 0 spiro atoms. The van der Waals surface area contributed by atoms with E-state index in [1.54, 1.807) is 6.92 Å². The molecule has 1 heteroatoms. The first-order valence-corrected chi connectivity index (χ1v) is 5.42. The van der Waals surface area contributed by atoms with Crippen molar-refractivity contribution in [2.75, 3.05) is 0 Å². The van der Waals surface area contributed by atoms with Crippen LogP contribution in [0, 0.1) is 0 Å². The van der Waals surface area contributed by atoms with Crippen molar-refractivity contribution in [3.05, 3.63) is 34.9 Å². The highest BCUT2D eigenvalue weighted by molar-refractivity contribution is 5.92. The Hall–Kier alpha value is -1.11. The minimum atomic E-state index is 0.142. The average Bonchev–Trinajstić information content (AvgIpc) is 2.13. The summed E-state index contributed by atoms with van der Waals surface area (Å²) in [4.78, 5) is 11.0. The van der Waals surface area contributed by atoms with Crippen LogP contribution in [0.25, 0.3) is 0 Å². The van der Waals surface area contributed by atoms with Gasteiger partial charge in [-0.15, -0.1) is 0 Å². The van der Waals surface area contributed by atoms with E-state index >= 15 is 0 Å². The van der Waals surface area contributed by atoms with E-state index in [0.29, 0.717) is 0 Å². The second-order valence-corrected chi connectivity index (χ2v) is 4.24. The molecule has 0 N–H and O–H groups in total. The lowest BCUT2D eigenvalue weighted by molar-refractivity contribution is -0.113. The smallest absolute Gasteiger partial charge is 0.155 e. The summed E-state index contributed by atoms with van der Waals surface area (Å²) in [6.45, 7) is 9.76. The van der Waals surface area contributed by atoms with E-state index in [9.17, 15) is 4.79 Å². The number of rotatable bonds is 5. The molecule has 0 aromatic rings. The van der Waals surface area contributed by atoms with Gasteiger partial charge in [-0.1, -0.05) is 29.4 Å². The molecule has 0 aliphatic rings. The quantitative estimate of drug-likeness (QED) is 0.374. The van der Waals surface area contributed by atoms with Gasteiger partial charge in [0, 0.05) is 0 Å². The minimum Gasteiger partial charge on any atom is -0.295 e. The second kappa shape index (κ2) is 7.22. The number of carbonyl (C=O) groups is 1. The van der Waals surface area contributed by atoms with Crippen LogP contribution in [0.5, 0.6) is 0 Å². The van der Waals surface area contributed by atoms with Gasteiger partial charge in [0.25, 0.3) is 0 Å². The predicted octanol–water partition coefficient (Wildman–Crippen LogP) is 4.21. The molecule has 0 saturated carbocycles. The van der Waals surface area contributed by atoms with Gasteiger partial charge in [-0.25, -0.2) is 0 Å². The Bertz CT molecular complexity index is 299. The summed E-state index contributed by atoms with van der Waals surface area (Å²) in [5.74, 6) is 0.142. The normalized spacial score (nSPS) is 12.6. The monoisotopic (exact) mass is 206 g/mol. The molecule has 1 nitrogen and oxygen atoms in total. The summed E-state index contributed by atoms with van der Waals surface area (Å²) in [7, 11) is 0. The van der Waals surface area contributed by atoms with Gasteiger partial charge >= 0.3 is 0 Å². The van der Waals surface area contributed by atoms with Gasteiger partial charge in [0.05, 0.1) is 0 Å². The first-order chi connectivity index (χ1) is 6.93. The maximum Gasteiger partial charge on any atom is 0.155 e. The molecule has 0 bridgehead atoms. The van der Waals surface area contributed by atoms with Crippen LogP contribution in [0.4, 0.5) is 0 Å². The van der Waals surface area contributed by atoms with E-state index in [0.717, 1.165) is 18.4 Å². The zero-order valence-corrected chi connectivity index (χ0v) is 10.6. The zero-order chi connectivity index (χ0) is 11.8. The van der Waals surface area contributed by atoms with Crippen LogP contribution in [0.3, 0.4) is 0 Å². The molecule has 0 fully saturated rings. The number of ketones is 1. The van der Waals surface area contributed by atoms with Crippen molar-refractivity contribution in [3.63, 3.8) is 0 Å². The van der Waals surface area contributed by atoms with Crippen molar-refractivity contribution >= 4 is 5.78 Å². The molecule has 0 aromatic carbocycles. The predicted molar refractivity (Wildman–Crippen MR) is 66.9 cm³/mol. The standard InChI is InChI=1S/C14H22O/c1-11(2)7-6-8-12(3)9-10-13(4)14(5)15/h7,9-10H,6,8H2,1-5H3/b12-9-,13-10-. The van der Waals surface area contributed by atoms with Crippen molar-refractivity contribution < 1.29 is 4.79 Å². The molecular weight excluding hydrogens is 184 g/mol. The van der Waals surface area contributed by atoms with Gasteiger partial charge in [0.2, 0.25) is 0 Å². The SMILES string of the molecule is CC(=O)/C(C)=C\C=C(\C)CCC=C(C)C. The molecule has 0 radical (unpaired) electrons. The van der Waals surface area contributed by atoms with Crippen LogP contribution in [0.15, 0.2) is 34.9 Å². The maximum atomic E-state index is 11.0. The molecule has 84 valence electrons. The van der Waals surface area contributed by atoms with Crippen molar-refractivity contribution in [3.8, 4) is 0 Å². The number of Topliss-reactive ketones (excluding diaryl/α,β-unsaturated/α-hetero) is 1. The summed E-state index contributed by atoms with van der Waals surface area (Å²) in [5.41, 5.74) is 3.49. The second-order valence-electron chi connectivity index (χ2n) is 4.24. The molecule has 15 heavy (non-hydrogen) atoms. The molecule has 0 heterocycles. The van der Waals surface area contributed by atoms with Gasteiger partial charge in [-0.05, 0) is 53.0 Å². The van der Waals surface area contributed by atoms with Crippen molar-refractivity contribution in [1.82, 2.24) is 0 Å². The summed E-state index contributed by atoms with van der Waals surface area (Å²) in [6.07, 6.45) is 8.32. The van der Waals surface area contributed by atoms with E-state index in [1.807, 2.05) is 19.1 Å². The highest BCUT2D eigenvalue weighted by atomic mass is 16.1. The lowest BCUT2D eigenvalue weighted by atomic mass is 10.1. The highest BCUT2D eigenvalue weighted by Crippen LogP contribution is 2.07. The molecular formula is C14H22O. The number of allylic oxidation sites excluding steroid dienone is 6. The fraction of sp³-hybridized carbons (Fsp3) is 0.500. The molecule has 0 amide bonds. The van der Waals surface area contributed by atoms with Gasteiger partial charge in [0.15, 0.2) is 5.78 Å². The average molecular weight is 206 g/mol. The van der Waals surface area contributed by atoms with Gasteiger partial charge in [-0.2, -0.15) is 0 Å². The zero-order valence-electron chi connectivity index (χ0n) is 10.6. The van der Waals surface area contributed by atoms with Crippen molar-refractivity contribution in [2.24, 2.45) is 0 Å². The lowest BCUT2D eigenvalue weighted by Crippen LogP contribution is -1.89. The Morgan fingerprint density at radius 2 is 1.60 bits per heavy atom. The fourth-order valence-electron chi connectivity index (χ4n) is 1.06. The van der Waals surface area contributed by atoms with Crippen LogP contribution in [-0.2, 0) is 4.79 Å². The van der Waals surface area contributed by atoms with Gasteiger partial charge < -0.3 is 0 Å². The summed E-state index contributed by atoms with van der Waals surface area (Å²) >= 11 is 0. The van der Waals surface area contributed by atoms with Crippen LogP contribution in [-0.4, -0.2) is 5.78 Å². The van der Waals surface area contributed by atoms with E-state index in [1.165, 1.54) is 11.1 Å². The molecule has 0 saturated heterocycles. The van der Waals surface area contributed by atoms with Crippen molar-refractivity contribution in [2.45, 2.75) is 47.5 Å². The third-order valence-corrected chi connectivity index (χ3v) is 2.26. The van der Waals surface area contributed by atoms with Gasteiger partial charge in [-0.3, -0.25) is 4.79 Å². The molecule has 0 aliphatic heterocycles. The Labute approximate surface area is 93.6 Å². The number of hydrogen-bond donors (Lipinski definition) is 0. The first-order valence-electron chi connectivity index (χ1n) is 5.42. The van der Waals surface area contributed by atoms with Crippen LogP contribution >= 0.6 is 0 Å². The first kappa shape index (κ1) is 13.9. The lowest BCUT2D eigenvalue weighted by Gasteiger charge is -1.97. The molecule has 0 unspecified atom stereocenters. The Balaban J connectivity index is 4.16.